The van der Waals surface area contributed by atoms with Crippen LogP contribution < -0.4 is 10.1 Å². The van der Waals surface area contributed by atoms with Gasteiger partial charge in [-0.1, -0.05) is 54.6 Å². The predicted octanol–water partition coefficient (Wildman–Crippen LogP) is 5.59. The molecule has 4 heteroatoms. The second-order valence-corrected chi connectivity index (χ2v) is 7.31. The predicted molar refractivity (Wildman–Crippen MR) is 120 cm³/mol. The minimum atomic E-state index is -0.0534. The highest BCUT2D eigenvalue weighted by Crippen LogP contribution is 2.22. The fraction of sp³-hybridized carbons (Fsp3) is 0.231. The van der Waals surface area contributed by atoms with Gasteiger partial charge >= 0.3 is 0 Å². The van der Waals surface area contributed by atoms with Gasteiger partial charge in [-0.2, -0.15) is 0 Å². The van der Waals surface area contributed by atoms with E-state index < -0.39 is 0 Å². The van der Waals surface area contributed by atoms with Crippen LogP contribution in [-0.4, -0.2) is 18.3 Å². The molecule has 1 N–H and O–H groups in total. The average molecular weight is 402 g/mol. The summed E-state index contributed by atoms with van der Waals surface area (Å²) in [4.78, 5) is 23.5. The van der Waals surface area contributed by atoms with E-state index in [1.807, 2.05) is 25.1 Å². The molecular weight excluding hydrogens is 374 g/mol. The summed E-state index contributed by atoms with van der Waals surface area (Å²) >= 11 is 0. The van der Waals surface area contributed by atoms with Crippen LogP contribution in [0.5, 0.6) is 5.75 Å². The smallest absolute Gasteiger partial charge is 0.220 e. The molecule has 0 radical (unpaired) electrons. The Morgan fingerprint density at radius 2 is 1.50 bits per heavy atom. The first-order valence-electron chi connectivity index (χ1n) is 10.2. The van der Waals surface area contributed by atoms with Gasteiger partial charge in [0.2, 0.25) is 5.91 Å². The van der Waals surface area contributed by atoms with Crippen LogP contribution in [0.2, 0.25) is 0 Å². The molecule has 3 rings (SSSR count). The van der Waals surface area contributed by atoms with Crippen LogP contribution in [0.3, 0.4) is 0 Å². The first kappa shape index (κ1) is 21.3. The first-order chi connectivity index (χ1) is 14.5. The van der Waals surface area contributed by atoms with Gasteiger partial charge in [0.05, 0.1) is 12.6 Å². The van der Waals surface area contributed by atoms with Crippen molar-refractivity contribution >= 4 is 11.7 Å². The van der Waals surface area contributed by atoms with E-state index in [9.17, 15) is 9.59 Å². The number of hydrogen-bond donors (Lipinski definition) is 1. The van der Waals surface area contributed by atoms with Crippen LogP contribution in [0, 0.1) is 0 Å². The summed E-state index contributed by atoms with van der Waals surface area (Å²) in [7, 11) is 0. The summed E-state index contributed by atoms with van der Waals surface area (Å²) in [5.41, 5.74) is 4.07. The molecule has 3 aromatic carbocycles. The highest BCUT2D eigenvalue weighted by molar-refractivity contribution is 5.94. The van der Waals surface area contributed by atoms with Crippen molar-refractivity contribution in [3.8, 4) is 16.9 Å². The zero-order valence-electron chi connectivity index (χ0n) is 17.4. The van der Waals surface area contributed by atoms with Gasteiger partial charge < -0.3 is 10.1 Å². The summed E-state index contributed by atoms with van der Waals surface area (Å²) in [5.74, 6) is 0.736. The SMILES string of the molecule is CC(=O)c1ccc(OCCCC(=O)NC(C)c2ccc(-c3ccccc3)cc2)cc1. The lowest BCUT2D eigenvalue weighted by atomic mass is 10.0. The molecule has 0 saturated heterocycles. The molecule has 0 saturated carbocycles. The van der Waals surface area contributed by atoms with Gasteiger partial charge in [-0.3, -0.25) is 9.59 Å². The second-order valence-electron chi connectivity index (χ2n) is 7.31. The molecule has 1 atom stereocenters. The maximum Gasteiger partial charge on any atom is 0.220 e. The summed E-state index contributed by atoms with van der Waals surface area (Å²) in [6.45, 7) is 3.97. The average Bonchev–Trinajstić information content (AvgIpc) is 2.77. The van der Waals surface area contributed by atoms with Crippen LogP contribution in [0.1, 0.15) is 48.7 Å². The molecular formula is C26H27NO3. The van der Waals surface area contributed by atoms with Crippen molar-refractivity contribution in [3.05, 3.63) is 90.0 Å². The van der Waals surface area contributed by atoms with Crippen molar-refractivity contribution in [1.29, 1.82) is 0 Å². The Kier molecular flexibility index (Phi) is 7.39. The lowest BCUT2D eigenvalue weighted by Crippen LogP contribution is -2.26. The Morgan fingerprint density at radius 3 is 2.13 bits per heavy atom. The summed E-state index contributed by atoms with van der Waals surface area (Å²) in [6, 6.07) is 25.5. The fourth-order valence-corrected chi connectivity index (χ4v) is 3.20. The Labute approximate surface area is 177 Å². The molecule has 0 fully saturated rings. The van der Waals surface area contributed by atoms with Crippen LogP contribution in [0.25, 0.3) is 11.1 Å². The molecule has 0 aromatic heterocycles. The van der Waals surface area contributed by atoms with Gasteiger partial charge in [-0.25, -0.2) is 0 Å². The Hall–Kier alpha value is -3.40. The monoisotopic (exact) mass is 401 g/mol. The molecule has 0 bridgehead atoms. The first-order valence-corrected chi connectivity index (χ1v) is 10.2. The minimum Gasteiger partial charge on any atom is -0.494 e. The van der Waals surface area contributed by atoms with Crippen molar-refractivity contribution in [2.24, 2.45) is 0 Å². The molecule has 30 heavy (non-hydrogen) atoms. The minimum absolute atomic E-state index is 0.00478. The zero-order chi connectivity index (χ0) is 21.3. The maximum atomic E-state index is 12.2. The van der Waals surface area contributed by atoms with Crippen LogP contribution in [0.4, 0.5) is 0 Å². The highest BCUT2D eigenvalue weighted by Gasteiger charge is 2.10. The standard InChI is InChI=1S/C26H27NO3/c1-19(21-10-12-24(13-11-21)23-7-4-3-5-8-23)27-26(29)9-6-18-30-25-16-14-22(15-17-25)20(2)28/h3-5,7-8,10-17,19H,6,9,18H2,1-2H3,(H,27,29). The number of ether oxygens (including phenoxy) is 1. The Balaban J connectivity index is 1.41. The summed E-state index contributed by atoms with van der Waals surface area (Å²) in [6.07, 6.45) is 1.03. The molecule has 0 aliphatic carbocycles. The summed E-state index contributed by atoms with van der Waals surface area (Å²) < 4.78 is 5.64. The molecule has 1 amide bonds. The van der Waals surface area contributed by atoms with Crippen molar-refractivity contribution in [1.82, 2.24) is 5.32 Å². The molecule has 0 aliphatic heterocycles. The fourth-order valence-electron chi connectivity index (χ4n) is 3.20. The van der Waals surface area contributed by atoms with Crippen molar-refractivity contribution < 1.29 is 14.3 Å². The molecule has 4 nitrogen and oxygen atoms in total. The number of hydrogen-bond acceptors (Lipinski definition) is 3. The van der Waals surface area contributed by atoms with E-state index in [1.165, 1.54) is 12.5 Å². The third kappa shape index (κ3) is 6.05. The molecule has 1 unspecified atom stereocenters. The highest BCUT2D eigenvalue weighted by atomic mass is 16.5. The van der Waals surface area contributed by atoms with Crippen molar-refractivity contribution in [2.45, 2.75) is 32.7 Å². The number of nitrogens with one attached hydrogen (secondary N) is 1. The normalized spacial score (nSPS) is 11.5. The third-order valence-electron chi connectivity index (χ3n) is 4.97. The van der Waals surface area contributed by atoms with Gasteiger partial charge in [0.15, 0.2) is 5.78 Å². The van der Waals surface area contributed by atoms with Gasteiger partial charge in [0.1, 0.15) is 5.75 Å². The quantitative estimate of drug-likeness (QED) is 0.375. The van der Waals surface area contributed by atoms with Gasteiger partial charge in [0.25, 0.3) is 0 Å². The number of ketones is 1. The van der Waals surface area contributed by atoms with E-state index in [-0.39, 0.29) is 17.7 Å². The van der Waals surface area contributed by atoms with Gasteiger partial charge in [-0.05, 0) is 61.2 Å². The summed E-state index contributed by atoms with van der Waals surface area (Å²) in [5, 5.41) is 3.04. The van der Waals surface area contributed by atoms with E-state index in [1.54, 1.807) is 24.3 Å². The van der Waals surface area contributed by atoms with E-state index >= 15 is 0 Å². The van der Waals surface area contributed by atoms with Gasteiger partial charge in [0, 0.05) is 12.0 Å². The van der Waals surface area contributed by atoms with Crippen LogP contribution in [-0.2, 0) is 4.79 Å². The molecule has 3 aromatic rings. The topological polar surface area (TPSA) is 55.4 Å². The lowest BCUT2D eigenvalue weighted by molar-refractivity contribution is -0.121. The van der Waals surface area contributed by atoms with Gasteiger partial charge in [-0.15, -0.1) is 0 Å². The lowest BCUT2D eigenvalue weighted by Gasteiger charge is -2.15. The Morgan fingerprint density at radius 1 is 0.867 bits per heavy atom. The second kappa shape index (κ2) is 10.4. The number of carbonyl (C=O) groups is 2. The van der Waals surface area contributed by atoms with E-state index in [4.69, 9.17) is 4.74 Å². The molecule has 154 valence electrons. The maximum absolute atomic E-state index is 12.2. The molecule has 0 aliphatic rings. The number of Topliss-reactive ketones (excluding diaryl/α,β-unsaturated/α-hetero) is 1. The van der Waals surface area contributed by atoms with Crippen molar-refractivity contribution in [3.63, 3.8) is 0 Å². The van der Waals surface area contributed by atoms with E-state index in [0.717, 1.165) is 11.1 Å². The van der Waals surface area contributed by atoms with Crippen LogP contribution >= 0.6 is 0 Å². The number of rotatable bonds is 9. The van der Waals surface area contributed by atoms with E-state index in [2.05, 4.69) is 41.7 Å². The number of amides is 1. The van der Waals surface area contributed by atoms with E-state index in [0.29, 0.717) is 30.8 Å². The van der Waals surface area contributed by atoms with Crippen LogP contribution in [0.15, 0.2) is 78.9 Å². The molecule has 0 heterocycles. The van der Waals surface area contributed by atoms with Crippen molar-refractivity contribution in [2.75, 3.05) is 6.61 Å². The molecule has 0 spiro atoms. The number of benzene rings is 3. The number of carbonyl (C=O) groups excluding carboxylic acids is 2. The third-order valence-corrected chi connectivity index (χ3v) is 4.97. The largest absolute Gasteiger partial charge is 0.494 e. The zero-order valence-corrected chi connectivity index (χ0v) is 17.4. The Bertz CT molecular complexity index is 963.